The monoisotopic (exact) mass is 297 g/mol. The third kappa shape index (κ3) is 5.67. The average molecular weight is 297 g/mol. The highest BCUT2D eigenvalue weighted by molar-refractivity contribution is 5.31. The van der Waals surface area contributed by atoms with E-state index in [4.69, 9.17) is 4.74 Å². The lowest BCUT2D eigenvalue weighted by molar-refractivity contribution is 0.0421. The second kappa shape index (κ2) is 7.27. The average Bonchev–Trinajstić information content (AvgIpc) is 2.54. The van der Waals surface area contributed by atoms with Crippen molar-refractivity contribution in [3.63, 3.8) is 0 Å². The van der Waals surface area contributed by atoms with Gasteiger partial charge in [0, 0.05) is 19.6 Å². The van der Waals surface area contributed by atoms with Crippen molar-refractivity contribution >= 4 is 0 Å². The number of aryl methyl sites for hydroxylation is 1. The van der Waals surface area contributed by atoms with E-state index in [1.54, 1.807) is 0 Å². The van der Waals surface area contributed by atoms with Crippen LogP contribution in [0.5, 0.6) is 5.88 Å². The molecule has 0 aromatic carbocycles. The predicted molar refractivity (Wildman–Crippen MR) is 85.6 cm³/mol. The van der Waals surface area contributed by atoms with Crippen LogP contribution in [0.3, 0.4) is 0 Å². The molecule has 1 heterocycles. The fourth-order valence-electron chi connectivity index (χ4n) is 2.53. The molecular weight excluding hydrogens is 266 g/mol. The number of nitrogens with zero attached hydrogens (tertiary/aromatic N) is 3. The summed E-state index contributed by atoms with van der Waals surface area (Å²) in [6.07, 6.45) is 0. The maximum Gasteiger partial charge on any atom is 0.216 e. The van der Waals surface area contributed by atoms with Crippen LogP contribution in [0.15, 0.2) is 0 Å². The van der Waals surface area contributed by atoms with Crippen LogP contribution in [0.25, 0.3) is 0 Å². The van der Waals surface area contributed by atoms with Crippen molar-refractivity contribution in [2.75, 3.05) is 20.2 Å². The Hall–Kier alpha value is -1.07. The van der Waals surface area contributed by atoms with Crippen LogP contribution >= 0.6 is 0 Å². The topological polar surface area (TPSA) is 50.5 Å². The Balaban J connectivity index is 2.96. The van der Waals surface area contributed by atoms with Gasteiger partial charge in [0.2, 0.25) is 5.88 Å². The van der Waals surface area contributed by atoms with Gasteiger partial charge in [0.15, 0.2) is 0 Å². The Bertz CT molecular complexity index is 447. The summed E-state index contributed by atoms with van der Waals surface area (Å²) in [6.45, 7) is 14.8. The van der Waals surface area contributed by atoms with Crippen molar-refractivity contribution in [2.45, 2.75) is 60.2 Å². The van der Waals surface area contributed by atoms with E-state index < -0.39 is 5.60 Å². The van der Waals surface area contributed by atoms with Crippen LogP contribution in [0.4, 0.5) is 0 Å². The first kappa shape index (κ1) is 18.0. The van der Waals surface area contributed by atoms with E-state index in [2.05, 4.69) is 23.8 Å². The maximum absolute atomic E-state index is 9.94. The van der Waals surface area contributed by atoms with Gasteiger partial charge < -0.3 is 9.84 Å². The van der Waals surface area contributed by atoms with Crippen molar-refractivity contribution in [1.29, 1.82) is 0 Å². The molecule has 0 fully saturated rings. The molecule has 0 saturated heterocycles. The molecule has 1 rings (SSSR count). The van der Waals surface area contributed by atoms with Gasteiger partial charge in [-0.05, 0) is 40.7 Å². The van der Waals surface area contributed by atoms with Gasteiger partial charge >= 0.3 is 0 Å². The highest BCUT2D eigenvalue weighted by Crippen LogP contribution is 2.25. The van der Waals surface area contributed by atoms with Gasteiger partial charge in [-0.2, -0.15) is 5.10 Å². The van der Waals surface area contributed by atoms with Gasteiger partial charge in [0.25, 0.3) is 0 Å². The smallest absolute Gasteiger partial charge is 0.216 e. The van der Waals surface area contributed by atoms with E-state index in [0.29, 0.717) is 19.1 Å². The number of rotatable bonds is 8. The normalized spacial score (nSPS) is 12.5. The Morgan fingerprint density at radius 1 is 1.38 bits per heavy atom. The molecule has 0 aliphatic heterocycles. The van der Waals surface area contributed by atoms with Crippen LogP contribution in [-0.2, 0) is 13.1 Å². The SMILES string of the molecule is CCOc1c(CN(C)CC(C)(C)O)c(C)nn1CC(C)C. The molecule has 1 aromatic rings. The van der Waals surface area contributed by atoms with Crippen LogP contribution in [-0.4, -0.2) is 45.6 Å². The van der Waals surface area contributed by atoms with Crippen LogP contribution in [0.2, 0.25) is 0 Å². The van der Waals surface area contributed by atoms with Gasteiger partial charge in [0.05, 0.1) is 23.5 Å². The molecule has 0 amide bonds. The van der Waals surface area contributed by atoms with E-state index in [1.165, 1.54) is 0 Å². The Morgan fingerprint density at radius 3 is 2.48 bits per heavy atom. The molecule has 21 heavy (non-hydrogen) atoms. The summed E-state index contributed by atoms with van der Waals surface area (Å²) in [5, 5.41) is 14.6. The Morgan fingerprint density at radius 2 is 2.00 bits per heavy atom. The molecule has 122 valence electrons. The maximum atomic E-state index is 9.94. The van der Waals surface area contributed by atoms with E-state index >= 15 is 0 Å². The summed E-state index contributed by atoms with van der Waals surface area (Å²) < 4.78 is 7.80. The zero-order valence-electron chi connectivity index (χ0n) is 14.6. The minimum Gasteiger partial charge on any atom is -0.478 e. The first-order valence-electron chi connectivity index (χ1n) is 7.74. The number of aliphatic hydroxyl groups is 1. The molecule has 0 spiro atoms. The van der Waals surface area contributed by atoms with Gasteiger partial charge in [-0.3, -0.25) is 4.90 Å². The first-order chi connectivity index (χ1) is 9.64. The fraction of sp³-hybridized carbons (Fsp3) is 0.812. The molecule has 0 bridgehead atoms. The number of aromatic nitrogens is 2. The minimum absolute atomic E-state index is 0.519. The van der Waals surface area contributed by atoms with E-state index in [1.807, 2.05) is 39.4 Å². The molecule has 5 nitrogen and oxygen atoms in total. The molecule has 1 aromatic heterocycles. The fourth-order valence-corrected chi connectivity index (χ4v) is 2.53. The van der Waals surface area contributed by atoms with Crippen LogP contribution in [0.1, 0.15) is 45.9 Å². The second-order valence-corrected chi connectivity index (χ2v) is 6.86. The van der Waals surface area contributed by atoms with E-state index in [0.717, 1.165) is 30.2 Å². The van der Waals surface area contributed by atoms with Crippen molar-refractivity contribution in [3.05, 3.63) is 11.3 Å². The zero-order valence-corrected chi connectivity index (χ0v) is 14.6. The van der Waals surface area contributed by atoms with Crippen LogP contribution < -0.4 is 4.74 Å². The summed E-state index contributed by atoms with van der Waals surface area (Å²) in [5.74, 6) is 1.39. The predicted octanol–water partition coefficient (Wildman–Crippen LogP) is 2.45. The highest BCUT2D eigenvalue weighted by atomic mass is 16.5. The Kier molecular flexibility index (Phi) is 6.23. The molecule has 5 heteroatoms. The lowest BCUT2D eigenvalue weighted by Crippen LogP contribution is -2.36. The summed E-state index contributed by atoms with van der Waals surface area (Å²) in [4.78, 5) is 2.10. The molecule has 0 saturated carbocycles. The molecule has 0 aliphatic carbocycles. The molecule has 0 aliphatic rings. The lowest BCUT2D eigenvalue weighted by atomic mass is 10.1. The van der Waals surface area contributed by atoms with Gasteiger partial charge in [-0.25, -0.2) is 4.68 Å². The van der Waals surface area contributed by atoms with Gasteiger partial charge in [-0.15, -0.1) is 0 Å². The lowest BCUT2D eigenvalue weighted by Gasteiger charge is -2.25. The van der Waals surface area contributed by atoms with Crippen molar-refractivity contribution in [3.8, 4) is 5.88 Å². The van der Waals surface area contributed by atoms with Gasteiger partial charge in [-0.1, -0.05) is 13.8 Å². The molecular formula is C16H31N3O2. The van der Waals surface area contributed by atoms with Crippen molar-refractivity contribution in [1.82, 2.24) is 14.7 Å². The summed E-state index contributed by atoms with van der Waals surface area (Å²) >= 11 is 0. The first-order valence-corrected chi connectivity index (χ1v) is 7.74. The molecule has 0 unspecified atom stereocenters. The zero-order chi connectivity index (χ0) is 16.2. The quantitative estimate of drug-likeness (QED) is 0.801. The van der Waals surface area contributed by atoms with E-state index in [-0.39, 0.29) is 0 Å². The molecule has 0 radical (unpaired) electrons. The summed E-state index contributed by atoms with van der Waals surface area (Å²) in [5.41, 5.74) is 1.41. The standard InChI is InChI=1S/C16H31N3O2/c1-8-21-15-14(10-18(7)11-16(5,6)20)13(4)17-19(15)9-12(2)3/h12,20H,8-11H2,1-7H3. The minimum atomic E-state index is -0.706. The summed E-state index contributed by atoms with van der Waals surface area (Å²) in [6, 6.07) is 0. The highest BCUT2D eigenvalue weighted by Gasteiger charge is 2.21. The summed E-state index contributed by atoms with van der Waals surface area (Å²) in [7, 11) is 2.01. The number of likely N-dealkylation sites (N-methyl/N-ethyl adjacent to an activating group) is 1. The largest absolute Gasteiger partial charge is 0.478 e. The van der Waals surface area contributed by atoms with Crippen molar-refractivity contribution in [2.24, 2.45) is 5.92 Å². The third-order valence-electron chi connectivity index (χ3n) is 3.10. The van der Waals surface area contributed by atoms with Gasteiger partial charge in [0.1, 0.15) is 0 Å². The number of hydrogen-bond acceptors (Lipinski definition) is 4. The molecule has 0 atom stereocenters. The van der Waals surface area contributed by atoms with E-state index in [9.17, 15) is 5.11 Å². The van der Waals surface area contributed by atoms with Crippen molar-refractivity contribution < 1.29 is 9.84 Å². The third-order valence-corrected chi connectivity index (χ3v) is 3.10. The second-order valence-electron chi connectivity index (χ2n) is 6.86. The van der Waals surface area contributed by atoms with Crippen LogP contribution in [0, 0.1) is 12.8 Å². The number of ether oxygens (including phenoxy) is 1. The molecule has 1 N–H and O–H groups in total. The number of hydrogen-bond donors (Lipinski definition) is 1. The Labute approximate surface area is 128 Å².